The molecule has 0 saturated carbocycles. The molecule has 1 radical (unpaired) electrons. The highest BCUT2D eigenvalue weighted by Gasteiger charge is 2.17. The fourth-order valence-corrected chi connectivity index (χ4v) is 3.35. The third-order valence-electron chi connectivity index (χ3n) is 4.87. The van der Waals surface area contributed by atoms with Crippen molar-refractivity contribution < 1.29 is 4.79 Å². The Kier molecular flexibility index (Phi) is 5.31. The quantitative estimate of drug-likeness (QED) is 0.820. The van der Waals surface area contributed by atoms with Crippen LogP contribution in [0.2, 0.25) is 0 Å². The Morgan fingerprint density at radius 2 is 1.88 bits per heavy atom. The normalized spacial score (nSPS) is 14.8. The van der Waals surface area contributed by atoms with Crippen LogP contribution >= 0.6 is 0 Å². The number of hydrazine groups is 1. The van der Waals surface area contributed by atoms with E-state index in [0.29, 0.717) is 6.54 Å². The largest absolute Gasteiger partial charge is 0.297 e. The van der Waals surface area contributed by atoms with E-state index in [1.54, 1.807) is 0 Å². The number of anilines is 1. The van der Waals surface area contributed by atoms with Gasteiger partial charge in [-0.3, -0.25) is 9.80 Å². The van der Waals surface area contributed by atoms with Crippen molar-refractivity contribution in [2.75, 3.05) is 5.01 Å². The molecule has 2 aromatic carbocycles. The second kappa shape index (κ2) is 7.63. The van der Waals surface area contributed by atoms with Gasteiger partial charge in [0, 0.05) is 6.54 Å². The number of benzene rings is 2. The molecular formula is C21H25N2O. The van der Waals surface area contributed by atoms with Crippen molar-refractivity contribution >= 4 is 12.0 Å². The van der Waals surface area contributed by atoms with Crippen LogP contribution in [0.4, 0.5) is 5.69 Å². The number of fused-ring (bicyclic) bond motifs is 1. The van der Waals surface area contributed by atoms with Crippen LogP contribution < -0.4 is 10.4 Å². The number of aryl methyl sites for hydroxylation is 3. The van der Waals surface area contributed by atoms with Crippen LogP contribution in [0, 0.1) is 6.92 Å². The maximum absolute atomic E-state index is 11.3. The first-order valence-electron chi connectivity index (χ1n) is 8.76. The molecule has 24 heavy (non-hydrogen) atoms. The lowest BCUT2D eigenvalue weighted by molar-refractivity contribution is 0.521. The molecule has 3 heteroatoms. The molecule has 3 rings (SSSR count). The van der Waals surface area contributed by atoms with Crippen molar-refractivity contribution in [3.05, 3.63) is 64.7 Å². The number of hydrogen-bond acceptors (Lipinski definition) is 3. The second-order valence-corrected chi connectivity index (χ2v) is 6.59. The molecule has 1 atom stereocenters. The molecule has 0 amide bonds. The predicted octanol–water partition coefficient (Wildman–Crippen LogP) is 3.88. The van der Waals surface area contributed by atoms with E-state index in [-0.39, 0.29) is 6.04 Å². The molecule has 0 heterocycles. The molecule has 3 nitrogen and oxygen atoms in total. The summed E-state index contributed by atoms with van der Waals surface area (Å²) < 4.78 is 0. The van der Waals surface area contributed by atoms with Crippen LogP contribution in [0.5, 0.6) is 0 Å². The first kappa shape index (κ1) is 16.7. The maximum atomic E-state index is 11.3. The Morgan fingerprint density at radius 3 is 2.62 bits per heavy atom. The van der Waals surface area contributed by atoms with Gasteiger partial charge in [0.2, 0.25) is 6.29 Å². The maximum Gasteiger partial charge on any atom is 0.224 e. The Bertz CT molecular complexity index is 711. The van der Waals surface area contributed by atoms with Gasteiger partial charge in [0.1, 0.15) is 6.04 Å². The Balaban J connectivity index is 1.81. The van der Waals surface area contributed by atoms with Gasteiger partial charge in [0.15, 0.2) is 0 Å². The highest BCUT2D eigenvalue weighted by atomic mass is 16.1. The number of carbonyl (C=O) groups excluding carboxylic acids is 1. The van der Waals surface area contributed by atoms with E-state index in [4.69, 9.17) is 0 Å². The van der Waals surface area contributed by atoms with Crippen molar-refractivity contribution in [2.45, 2.75) is 52.1 Å². The zero-order valence-corrected chi connectivity index (χ0v) is 14.5. The fourth-order valence-electron chi connectivity index (χ4n) is 3.35. The standard InChI is InChI=1S/C21H25N2O/c1-16-7-3-4-10-20(16)14-22-23(17(2)15-24)21-12-11-18-8-5-6-9-19(18)13-21/h3-4,7,10-13,17,22H,5-6,8-9,14H2,1-2H3/t17-/m0/s1. The molecule has 1 aliphatic rings. The van der Waals surface area contributed by atoms with Crippen molar-refractivity contribution in [1.82, 2.24) is 5.43 Å². The first-order valence-corrected chi connectivity index (χ1v) is 8.76. The molecule has 0 aromatic heterocycles. The van der Waals surface area contributed by atoms with E-state index < -0.39 is 0 Å². The van der Waals surface area contributed by atoms with Gasteiger partial charge in [-0.05, 0) is 73.9 Å². The van der Waals surface area contributed by atoms with E-state index in [0.717, 1.165) is 12.1 Å². The van der Waals surface area contributed by atoms with E-state index in [9.17, 15) is 4.79 Å². The number of nitrogens with one attached hydrogen (secondary N) is 1. The summed E-state index contributed by atoms with van der Waals surface area (Å²) >= 11 is 0. The molecule has 0 aliphatic heterocycles. The van der Waals surface area contributed by atoms with Gasteiger partial charge >= 0.3 is 0 Å². The van der Waals surface area contributed by atoms with Gasteiger partial charge in [-0.15, -0.1) is 0 Å². The van der Waals surface area contributed by atoms with Crippen molar-refractivity contribution in [1.29, 1.82) is 0 Å². The zero-order valence-electron chi connectivity index (χ0n) is 14.5. The Labute approximate surface area is 144 Å². The summed E-state index contributed by atoms with van der Waals surface area (Å²) in [6, 6.07) is 14.5. The summed E-state index contributed by atoms with van der Waals surface area (Å²) in [6.07, 6.45) is 6.94. The summed E-state index contributed by atoms with van der Waals surface area (Å²) in [4.78, 5) is 11.3. The summed E-state index contributed by atoms with van der Waals surface area (Å²) in [6.45, 7) is 4.67. The molecule has 0 unspecified atom stereocenters. The molecule has 125 valence electrons. The zero-order chi connectivity index (χ0) is 16.9. The fraction of sp³-hybridized carbons (Fsp3) is 0.381. The molecule has 1 N–H and O–H groups in total. The predicted molar refractivity (Wildman–Crippen MR) is 98.7 cm³/mol. The van der Waals surface area contributed by atoms with Gasteiger partial charge in [-0.2, -0.15) is 0 Å². The minimum Gasteiger partial charge on any atom is -0.297 e. The molecule has 2 aromatic rings. The van der Waals surface area contributed by atoms with Crippen LogP contribution in [0.15, 0.2) is 42.5 Å². The van der Waals surface area contributed by atoms with Crippen LogP contribution in [-0.4, -0.2) is 12.3 Å². The Morgan fingerprint density at radius 1 is 1.12 bits per heavy atom. The smallest absolute Gasteiger partial charge is 0.224 e. The summed E-state index contributed by atoms with van der Waals surface area (Å²) in [5.41, 5.74) is 9.81. The third-order valence-corrected chi connectivity index (χ3v) is 4.87. The minimum atomic E-state index is -0.337. The number of nitrogens with zero attached hydrogens (tertiary/aromatic N) is 1. The summed E-state index contributed by atoms with van der Waals surface area (Å²) in [5.74, 6) is 0. The van der Waals surface area contributed by atoms with Crippen LogP contribution in [0.3, 0.4) is 0 Å². The highest BCUT2D eigenvalue weighted by molar-refractivity contribution is 5.66. The van der Waals surface area contributed by atoms with Crippen LogP contribution in [0.1, 0.15) is 42.0 Å². The second-order valence-electron chi connectivity index (χ2n) is 6.59. The van der Waals surface area contributed by atoms with E-state index >= 15 is 0 Å². The van der Waals surface area contributed by atoms with Crippen LogP contribution in [-0.2, 0) is 24.2 Å². The number of rotatable bonds is 6. The third kappa shape index (κ3) is 3.68. The summed E-state index contributed by atoms with van der Waals surface area (Å²) in [5, 5.41) is 1.94. The molecule has 1 aliphatic carbocycles. The lowest BCUT2D eigenvalue weighted by atomic mass is 9.91. The van der Waals surface area contributed by atoms with Crippen molar-refractivity contribution in [3.8, 4) is 0 Å². The monoisotopic (exact) mass is 321 g/mol. The molecule has 0 fully saturated rings. The average molecular weight is 321 g/mol. The van der Waals surface area contributed by atoms with Crippen molar-refractivity contribution in [3.63, 3.8) is 0 Å². The highest BCUT2D eigenvalue weighted by Crippen LogP contribution is 2.26. The lowest BCUT2D eigenvalue weighted by Crippen LogP contribution is -2.45. The van der Waals surface area contributed by atoms with Gasteiger partial charge in [0.25, 0.3) is 0 Å². The van der Waals surface area contributed by atoms with Gasteiger partial charge < -0.3 is 0 Å². The Hall–Kier alpha value is -2.13. The number of hydrogen-bond donors (Lipinski definition) is 1. The molecular weight excluding hydrogens is 296 g/mol. The molecule has 0 saturated heterocycles. The molecule has 0 spiro atoms. The first-order chi connectivity index (χ1) is 11.7. The van der Waals surface area contributed by atoms with Gasteiger partial charge in [0.05, 0.1) is 5.69 Å². The minimum absolute atomic E-state index is 0.337. The van der Waals surface area contributed by atoms with E-state index in [1.165, 1.54) is 41.5 Å². The van der Waals surface area contributed by atoms with Gasteiger partial charge in [-0.25, -0.2) is 5.43 Å². The van der Waals surface area contributed by atoms with E-state index in [1.807, 2.05) is 24.1 Å². The van der Waals surface area contributed by atoms with Crippen LogP contribution in [0.25, 0.3) is 0 Å². The topological polar surface area (TPSA) is 32.3 Å². The molecule has 0 bridgehead atoms. The summed E-state index contributed by atoms with van der Waals surface area (Å²) in [7, 11) is 0. The van der Waals surface area contributed by atoms with E-state index in [2.05, 4.69) is 49.0 Å². The lowest BCUT2D eigenvalue weighted by Gasteiger charge is -2.30. The van der Waals surface area contributed by atoms with Gasteiger partial charge in [-0.1, -0.05) is 30.3 Å². The van der Waals surface area contributed by atoms with Crippen molar-refractivity contribution in [2.24, 2.45) is 0 Å². The SMILES string of the molecule is Cc1ccccc1CNN(c1ccc2c(c1)CCCC2)[C@@H](C)[C]=O. The average Bonchev–Trinajstić information content (AvgIpc) is 2.63.